The van der Waals surface area contributed by atoms with Crippen molar-refractivity contribution in [2.45, 2.75) is 6.04 Å². The van der Waals surface area contributed by atoms with Gasteiger partial charge in [0.2, 0.25) is 5.91 Å². The molecule has 1 atom stereocenters. The van der Waals surface area contributed by atoms with Crippen LogP contribution >= 0.6 is 0 Å². The minimum atomic E-state index is -0.288. The maximum atomic E-state index is 13.5. The highest BCUT2D eigenvalue weighted by Gasteiger charge is 2.15. The zero-order chi connectivity index (χ0) is 19.2. The first kappa shape index (κ1) is 18.9. The zero-order valence-corrected chi connectivity index (χ0v) is 15.4. The van der Waals surface area contributed by atoms with Gasteiger partial charge in [0.1, 0.15) is 19.0 Å². The summed E-state index contributed by atoms with van der Waals surface area (Å²) in [5, 5.41) is 2.87. The van der Waals surface area contributed by atoms with Gasteiger partial charge in [-0.3, -0.25) is 4.79 Å². The van der Waals surface area contributed by atoms with Crippen molar-refractivity contribution in [2.24, 2.45) is 0 Å². The molecule has 27 heavy (non-hydrogen) atoms. The molecular formula is C21H23FN2O3. The molecule has 1 unspecified atom stereocenters. The second-order valence-electron chi connectivity index (χ2n) is 6.52. The Morgan fingerprint density at radius 1 is 1.19 bits per heavy atom. The Morgan fingerprint density at radius 2 is 1.96 bits per heavy atom. The number of nitrogens with one attached hydrogen (secondary N) is 1. The fourth-order valence-corrected chi connectivity index (χ4v) is 2.90. The minimum Gasteiger partial charge on any atom is -0.486 e. The van der Waals surface area contributed by atoms with Gasteiger partial charge < -0.3 is 19.7 Å². The number of hydrogen-bond acceptors (Lipinski definition) is 4. The zero-order valence-electron chi connectivity index (χ0n) is 15.4. The Balaban J connectivity index is 1.60. The van der Waals surface area contributed by atoms with Crippen LogP contribution in [0.2, 0.25) is 0 Å². The summed E-state index contributed by atoms with van der Waals surface area (Å²) in [5.41, 5.74) is 1.67. The van der Waals surface area contributed by atoms with Crippen LogP contribution in [0.25, 0.3) is 6.08 Å². The van der Waals surface area contributed by atoms with Crippen molar-refractivity contribution in [3.63, 3.8) is 0 Å². The smallest absolute Gasteiger partial charge is 0.244 e. The molecule has 0 saturated heterocycles. The fraction of sp³-hybridized carbons (Fsp3) is 0.286. The van der Waals surface area contributed by atoms with Crippen molar-refractivity contribution < 1.29 is 18.7 Å². The van der Waals surface area contributed by atoms with Gasteiger partial charge in [-0.05, 0) is 55.6 Å². The van der Waals surface area contributed by atoms with Crippen LogP contribution < -0.4 is 14.8 Å². The second kappa shape index (κ2) is 8.68. The predicted molar refractivity (Wildman–Crippen MR) is 102 cm³/mol. The number of nitrogens with zero attached hydrogens (tertiary/aromatic N) is 1. The van der Waals surface area contributed by atoms with Gasteiger partial charge in [-0.1, -0.05) is 18.2 Å². The number of carbonyl (C=O) groups is 1. The Kier molecular flexibility index (Phi) is 6.08. The molecule has 0 saturated carbocycles. The van der Waals surface area contributed by atoms with Gasteiger partial charge in [0, 0.05) is 12.6 Å². The summed E-state index contributed by atoms with van der Waals surface area (Å²) in [6.07, 6.45) is 3.20. The van der Waals surface area contributed by atoms with Crippen molar-refractivity contribution in [3.05, 3.63) is 65.5 Å². The number of carbonyl (C=O) groups excluding carboxylic acids is 1. The molecule has 142 valence electrons. The molecule has 0 aliphatic carbocycles. The van der Waals surface area contributed by atoms with Crippen LogP contribution in [0.5, 0.6) is 11.5 Å². The van der Waals surface area contributed by atoms with E-state index in [0.717, 1.165) is 11.1 Å². The van der Waals surface area contributed by atoms with E-state index < -0.39 is 0 Å². The van der Waals surface area contributed by atoms with Gasteiger partial charge in [0.25, 0.3) is 0 Å². The fourth-order valence-electron chi connectivity index (χ4n) is 2.90. The third kappa shape index (κ3) is 5.08. The molecule has 1 amide bonds. The maximum absolute atomic E-state index is 13.5. The Bertz CT molecular complexity index is 836. The average molecular weight is 370 g/mol. The third-order valence-electron chi connectivity index (χ3n) is 4.32. The van der Waals surface area contributed by atoms with E-state index in [0.29, 0.717) is 31.3 Å². The number of halogens is 1. The summed E-state index contributed by atoms with van der Waals surface area (Å²) >= 11 is 0. The molecule has 1 N–H and O–H groups in total. The van der Waals surface area contributed by atoms with E-state index in [4.69, 9.17) is 9.47 Å². The molecule has 5 nitrogen and oxygen atoms in total. The summed E-state index contributed by atoms with van der Waals surface area (Å²) in [4.78, 5) is 14.1. The van der Waals surface area contributed by atoms with Crippen LogP contribution in [0.15, 0.2) is 48.5 Å². The van der Waals surface area contributed by atoms with Gasteiger partial charge in [-0.25, -0.2) is 4.39 Å². The first-order valence-electron chi connectivity index (χ1n) is 8.80. The Labute approximate surface area is 158 Å². The van der Waals surface area contributed by atoms with Crippen LogP contribution in [0, 0.1) is 5.82 Å². The number of hydrogen-bond donors (Lipinski definition) is 1. The summed E-state index contributed by atoms with van der Waals surface area (Å²) in [7, 11) is 3.79. The molecule has 1 aliphatic rings. The molecule has 2 aromatic carbocycles. The van der Waals surface area contributed by atoms with Crippen LogP contribution in [-0.2, 0) is 4.79 Å². The number of rotatable bonds is 6. The predicted octanol–water partition coefficient (Wildman–Crippen LogP) is 3.03. The topological polar surface area (TPSA) is 50.8 Å². The first-order valence-corrected chi connectivity index (χ1v) is 8.80. The summed E-state index contributed by atoms with van der Waals surface area (Å²) in [5.74, 6) is 0.895. The number of amides is 1. The lowest BCUT2D eigenvalue weighted by Gasteiger charge is -2.25. The van der Waals surface area contributed by atoms with Crippen molar-refractivity contribution in [2.75, 3.05) is 33.9 Å². The van der Waals surface area contributed by atoms with Crippen molar-refractivity contribution in [1.82, 2.24) is 10.2 Å². The van der Waals surface area contributed by atoms with E-state index >= 15 is 0 Å². The van der Waals surface area contributed by atoms with E-state index in [1.54, 1.807) is 12.1 Å². The van der Waals surface area contributed by atoms with E-state index in [1.165, 1.54) is 18.2 Å². The lowest BCUT2D eigenvalue weighted by atomic mass is 10.1. The summed E-state index contributed by atoms with van der Waals surface area (Å²) in [6, 6.07) is 11.8. The molecule has 0 aromatic heterocycles. The van der Waals surface area contributed by atoms with Gasteiger partial charge in [-0.2, -0.15) is 0 Å². The lowest BCUT2D eigenvalue weighted by Crippen LogP contribution is -2.33. The molecule has 0 radical (unpaired) electrons. The molecule has 2 aromatic rings. The van der Waals surface area contributed by atoms with Crippen LogP contribution in [0.1, 0.15) is 17.2 Å². The standard InChI is InChI=1S/C21H23FN2O3/c1-24(2)18(16-4-3-5-17(22)13-16)14-23-21(25)9-7-15-6-8-19-20(12-15)27-11-10-26-19/h3-9,12-13,18H,10-11,14H2,1-2H3,(H,23,25)/b9-7+. The van der Waals surface area contributed by atoms with E-state index in [1.807, 2.05) is 43.3 Å². The molecule has 1 aliphatic heterocycles. The molecular weight excluding hydrogens is 347 g/mol. The van der Waals surface area contributed by atoms with Gasteiger partial charge in [0.15, 0.2) is 11.5 Å². The molecule has 3 rings (SSSR count). The van der Waals surface area contributed by atoms with E-state index in [2.05, 4.69) is 5.32 Å². The van der Waals surface area contributed by atoms with Crippen LogP contribution in [-0.4, -0.2) is 44.7 Å². The maximum Gasteiger partial charge on any atom is 0.244 e. The van der Waals surface area contributed by atoms with Crippen LogP contribution in [0.4, 0.5) is 4.39 Å². The molecule has 0 fully saturated rings. The monoisotopic (exact) mass is 370 g/mol. The Hall–Kier alpha value is -2.86. The molecule has 0 spiro atoms. The number of ether oxygens (including phenoxy) is 2. The highest BCUT2D eigenvalue weighted by Crippen LogP contribution is 2.31. The van der Waals surface area contributed by atoms with Crippen molar-refractivity contribution in [1.29, 1.82) is 0 Å². The van der Waals surface area contributed by atoms with Crippen LogP contribution in [0.3, 0.4) is 0 Å². The number of likely N-dealkylation sites (N-methyl/N-ethyl adjacent to an activating group) is 1. The SMILES string of the molecule is CN(C)C(CNC(=O)/C=C/c1ccc2c(c1)OCCO2)c1cccc(F)c1. The van der Waals surface area contributed by atoms with Gasteiger partial charge in [0.05, 0.1) is 6.04 Å². The van der Waals surface area contributed by atoms with Crippen molar-refractivity contribution in [3.8, 4) is 11.5 Å². The lowest BCUT2D eigenvalue weighted by molar-refractivity contribution is -0.116. The highest BCUT2D eigenvalue weighted by molar-refractivity contribution is 5.91. The molecule has 0 bridgehead atoms. The van der Waals surface area contributed by atoms with Gasteiger partial charge in [-0.15, -0.1) is 0 Å². The Morgan fingerprint density at radius 3 is 2.70 bits per heavy atom. The summed E-state index contributed by atoms with van der Waals surface area (Å²) in [6.45, 7) is 1.44. The van der Waals surface area contributed by atoms with E-state index in [-0.39, 0.29) is 17.8 Å². The molecule has 1 heterocycles. The second-order valence-corrected chi connectivity index (χ2v) is 6.52. The quantitative estimate of drug-likeness (QED) is 0.794. The highest BCUT2D eigenvalue weighted by atomic mass is 19.1. The normalized spacial score (nSPS) is 14.4. The van der Waals surface area contributed by atoms with Gasteiger partial charge >= 0.3 is 0 Å². The number of benzene rings is 2. The minimum absolute atomic E-state index is 0.118. The largest absolute Gasteiger partial charge is 0.486 e. The third-order valence-corrected chi connectivity index (χ3v) is 4.32. The molecule has 6 heteroatoms. The first-order chi connectivity index (χ1) is 13.0. The van der Waals surface area contributed by atoms with Crippen molar-refractivity contribution >= 4 is 12.0 Å². The average Bonchev–Trinajstić information content (AvgIpc) is 2.66. The van der Waals surface area contributed by atoms with E-state index in [9.17, 15) is 9.18 Å². The summed E-state index contributed by atoms with van der Waals surface area (Å²) < 4.78 is 24.5. The number of fused-ring (bicyclic) bond motifs is 1.